The summed E-state index contributed by atoms with van der Waals surface area (Å²) in [5.74, 6) is -0.509. The molecule has 0 saturated heterocycles. The molecule has 5 heteroatoms. The second-order valence-electron chi connectivity index (χ2n) is 5.12. The summed E-state index contributed by atoms with van der Waals surface area (Å²) >= 11 is 0. The number of hydrogen-bond acceptors (Lipinski definition) is 4. The SMILES string of the molecule is CCOCCOC(=O)c1ccc(NC(=O)Cc2ccccc2)cc1. The van der Waals surface area contributed by atoms with Crippen LogP contribution in [-0.2, 0) is 20.7 Å². The van der Waals surface area contributed by atoms with Crippen molar-refractivity contribution in [2.24, 2.45) is 0 Å². The maximum atomic E-state index is 12.0. The lowest BCUT2D eigenvalue weighted by Crippen LogP contribution is -2.14. The predicted octanol–water partition coefficient (Wildman–Crippen LogP) is 3.06. The Morgan fingerprint density at radius 1 is 0.958 bits per heavy atom. The predicted molar refractivity (Wildman–Crippen MR) is 92.0 cm³/mol. The fourth-order valence-corrected chi connectivity index (χ4v) is 2.10. The number of carbonyl (C=O) groups is 2. The molecule has 2 aromatic rings. The van der Waals surface area contributed by atoms with E-state index >= 15 is 0 Å². The molecular formula is C19H21NO4. The smallest absolute Gasteiger partial charge is 0.338 e. The average Bonchev–Trinajstić information content (AvgIpc) is 2.60. The molecule has 0 aliphatic carbocycles. The third-order valence-electron chi connectivity index (χ3n) is 3.28. The Bertz CT molecular complexity index is 653. The van der Waals surface area contributed by atoms with Gasteiger partial charge in [0.15, 0.2) is 0 Å². The Balaban J connectivity index is 1.83. The monoisotopic (exact) mass is 327 g/mol. The van der Waals surface area contributed by atoms with Crippen LogP contribution in [0.4, 0.5) is 5.69 Å². The first kappa shape index (κ1) is 17.7. The van der Waals surface area contributed by atoms with E-state index in [9.17, 15) is 9.59 Å². The van der Waals surface area contributed by atoms with Crippen molar-refractivity contribution in [2.45, 2.75) is 13.3 Å². The molecule has 0 spiro atoms. The van der Waals surface area contributed by atoms with Crippen LogP contribution >= 0.6 is 0 Å². The molecule has 0 saturated carbocycles. The van der Waals surface area contributed by atoms with E-state index in [1.165, 1.54) is 0 Å². The maximum absolute atomic E-state index is 12.0. The minimum atomic E-state index is -0.406. The van der Waals surface area contributed by atoms with Crippen molar-refractivity contribution in [3.8, 4) is 0 Å². The molecule has 1 amide bonds. The molecule has 0 aromatic heterocycles. The zero-order valence-corrected chi connectivity index (χ0v) is 13.7. The van der Waals surface area contributed by atoms with Gasteiger partial charge < -0.3 is 14.8 Å². The zero-order valence-electron chi connectivity index (χ0n) is 13.7. The van der Waals surface area contributed by atoms with Crippen LogP contribution in [0.2, 0.25) is 0 Å². The quantitative estimate of drug-likeness (QED) is 0.598. The van der Waals surface area contributed by atoms with E-state index in [1.807, 2.05) is 37.3 Å². The van der Waals surface area contributed by atoms with Gasteiger partial charge in [0.1, 0.15) is 6.61 Å². The van der Waals surface area contributed by atoms with Crippen LogP contribution in [0.5, 0.6) is 0 Å². The second kappa shape index (κ2) is 9.47. The van der Waals surface area contributed by atoms with Gasteiger partial charge in [-0.2, -0.15) is 0 Å². The highest BCUT2D eigenvalue weighted by molar-refractivity contribution is 5.94. The fourth-order valence-electron chi connectivity index (χ4n) is 2.10. The molecule has 0 bridgehead atoms. The first-order valence-corrected chi connectivity index (χ1v) is 7.87. The summed E-state index contributed by atoms with van der Waals surface area (Å²) in [4.78, 5) is 23.8. The van der Waals surface area contributed by atoms with Gasteiger partial charge in [0.2, 0.25) is 5.91 Å². The van der Waals surface area contributed by atoms with Gasteiger partial charge in [-0.1, -0.05) is 30.3 Å². The molecule has 0 heterocycles. The van der Waals surface area contributed by atoms with Crippen molar-refractivity contribution in [3.05, 3.63) is 65.7 Å². The molecule has 24 heavy (non-hydrogen) atoms. The molecule has 0 aliphatic heterocycles. The summed E-state index contributed by atoms with van der Waals surface area (Å²) in [5, 5.41) is 2.81. The van der Waals surface area contributed by atoms with Gasteiger partial charge in [-0.3, -0.25) is 4.79 Å². The molecule has 2 rings (SSSR count). The van der Waals surface area contributed by atoms with E-state index in [-0.39, 0.29) is 12.5 Å². The Morgan fingerprint density at radius 3 is 2.33 bits per heavy atom. The zero-order chi connectivity index (χ0) is 17.2. The lowest BCUT2D eigenvalue weighted by molar-refractivity contribution is -0.115. The Kier molecular flexibility index (Phi) is 6.98. The minimum Gasteiger partial charge on any atom is -0.460 e. The number of hydrogen-bond donors (Lipinski definition) is 1. The number of benzene rings is 2. The highest BCUT2D eigenvalue weighted by atomic mass is 16.6. The van der Waals surface area contributed by atoms with Gasteiger partial charge in [-0.15, -0.1) is 0 Å². The number of amides is 1. The van der Waals surface area contributed by atoms with Crippen molar-refractivity contribution < 1.29 is 19.1 Å². The molecule has 0 aliphatic rings. The highest BCUT2D eigenvalue weighted by Gasteiger charge is 2.08. The van der Waals surface area contributed by atoms with Gasteiger partial charge in [0, 0.05) is 12.3 Å². The van der Waals surface area contributed by atoms with E-state index in [1.54, 1.807) is 24.3 Å². The third kappa shape index (κ3) is 5.85. The summed E-state index contributed by atoms with van der Waals surface area (Å²) in [5.41, 5.74) is 2.03. The molecule has 5 nitrogen and oxygen atoms in total. The van der Waals surface area contributed by atoms with E-state index in [2.05, 4.69) is 5.32 Å². The summed E-state index contributed by atoms with van der Waals surface area (Å²) in [7, 11) is 0. The van der Waals surface area contributed by atoms with Crippen LogP contribution < -0.4 is 5.32 Å². The van der Waals surface area contributed by atoms with E-state index in [4.69, 9.17) is 9.47 Å². The van der Waals surface area contributed by atoms with Crippen LogP contribution in [0.3, 0.4) is 0 Å². The molecule has 0 atom stereocenters. The lowest BCUT2D eigenvalue weighted by atomic mass is 10.1. The van der Waals surface area contributed by atoms with Gasteiger partial charge in [-0.25, -0.2) is 4.79 Å². The fraction of sp³-hybridized carbons (Fsp3) is 0.263. The molecule has 0 radical (unpaired) electrons. The number of esters is 1. The van der Waals surface area contributed by atoms with Crippen molar-refractivity contribution in [2.75, 3.05) is 25.1 Å². The Labute approximate surface area is 141 Å². The normalized spacial score (nSPS) is 10.2. The third-order valence-corrected chi connectivity index (χ3v) is 3.28. The van der Waals surface area contributed by atoms with Crippen LogP contribution in [0.15, 0.2) is 54.6 Å². The molecule has 1 N–H and O–H groups in total. The Morgan fingerprint density at radius 2 is 1.67 bits per heavy atom. The molecule has 0 fully saturated rings. The van der Waals surface area contributed by atoms with Gasteiger partial charge in [0.05, 0.1) is 18.6 Å². The average molecular weight is 327 g/mol. The largest absolute Gasteiger partial charge is 0.460 e. The van der Waals surface area contributed by atoms with Crippen LogP contribution in [0.25, 0.3) is 0 Å². The first-order chi connectivity index (χ1) is 11.7. The van der Waals surface area contributed by atoms with Gasteiger partial charge in [-0.05, 0) is 36.8 Å². The topological polar surface area (TPSA) is 64.6 Å². The van der Waals surface area contributed by atoms with Crippen molar-refractivity contribution in [1.29, 1.82) is 0 Å². The maximum Gasteiger partial charge on any atom is 0.338 e. The number of anilines is 1. The van der Waals surface area contributed by atoms with E-state index < -0.39 is 5.97 Å². The second-order valence-corrected chi connectivity index (χ2v) is 5.12. The van der Waals surface area contributed by atoms with Crippen LogP contribution in [-0.4, -0.2) is 31.7 Å². The highest BCUT2D eigenvalue weighted by Crippen LogP contribution is 2.11. The number of rotatable bonds is 8. The van der Waals surface area contributed by atoms with Gasteiger partial charge >= 0.3 is 5.97 Å². The van der Waals surface area contributed by atoms with Crippen molar-refractivity contribution >= 4 is 17.6 Å². The standard InChI is InChI=1S/C19H21NO4/c1-2-23-12-13-24-19(22)16-8-10-17(11-9-16)20-18(21)14-15-6-4-3-5-7-15/h3-11H,2,12-14H2,1H3,(H,20,21). The lowest BCUT2D eigenvalue weighted by Gasteiger charge is -2.07. The number of ether oxygens (including phenoxy) is 2. The van der Waals surface area contributed by atoms with E-state index in [0.29, 0.717) is 30.9 Å². The van der Waals surface area contributed by atoms with Gasteiger partial charge in [0.25, 0.3) is 0 Å². The molecule has 126 valence electrons. The van der Waals surface area contributed by atoms with Crippen LogP contribution in [0, 0.1) is 0 Å². The van der Waals surface area contributed by atoms with Crippen LogP contribution in [0.1, 0.15) is 22.8 Å². The van der Waals surface area contributed by atoms with E-state index in [0.717, 1.165) is 5.56 Å². The molecule has 2 aromatic carbocycles. The summed E-state index contributed by atoms with van der Waals surface area (Å²) in [6.45, 7) is 3.08. The summed E-state index contributed by atoms with van der Waals surface area (Å²) in [6.07, 6.45) is 0.308. The van der Waals surface area contributed by atoms with Crippen molar-refractivity contribution in [3.63, 3.8) is 0 Å². The number of nitrogens with one attached hydrogen (secondary N) is 1. The summed E-state index contributed by atoms with van der Waals surface area (Å²) < 4.78 is 10.2. The Hall–Kier alpha value is -2.66. The van der Waals surface area contributed by atoms with Crippen molar-refractivity contribution in [1.82, 2.24) is 0 Å². The first-order valence-electron chi connectivity index (χ1n) is 7.87. The minimum absolute atomic E-state index is 0.103. The molecular weight excluding hydrogens is 306 g/mol. The summed E-state index contributed by atoms with van der Waals surface area (Å²) in [6, 6.07) is 16.1. The molecule has 0 unspecified atom stereocenters. The number of carbonyl (C=O) groups excluding carboxylic acids is 2.